The summed E-state index contributed by atoms with van der Waals surface area (Å²) in [6.45, 7) is 0.235. The van der Waals surface area contributed by atoms with Crippen molar-refractivity contribution in [3.63, 3.8) is 0 Å². The number of hydrogen-bond donors (Lipinski definition) is 1. The van der Waals surface area contributed by atoms with Crippen molar-refractivity contribution in [1.29, 1.82) is 0 Å². The number of nitrogens with one attached hydrogen (secondary N) is 1. The van der Waals surface area contributed by atoms with Crippen LogP contribution in [0.4, 0.5) is 4.39 Å². The maximum atomic E-state index is 13.3. The first-order valence-electron chi connectivity index (χ1n) is 7.55. The lowest BCUT2D eigenvalue weighted by atomic mass is 9.89. The van der Waals surface area contributed by atoms with Crippen LogP contribution in [0.3, 0.4) is 0 Å². The number of amides is 1. The van der Waals surface area contributed by atoms with Crippen molar-refractivity contribution in [3.05, 3.63) is 35.9 Å². The highest BCUT2D eigenvalue weighted by molar-refractivity contribution is 5.78. The molecule has 0 saturated heterocycles. The Bertz CT molecular complexity index is 651. The maximum absolute atomic E-state index is 13.3. The van der Waals surface area contributed by atoms with Crippen molar-refractivity contribution in [2.75, 3.05) is 0 Å². The molecule has 1 saturated carbocycles. The molecule has 1 N–H and O–H groups in total. The van der Waals surface area contributed by atoms with Gasteiger partial charge in [-0.3, -0.25) is 4.79 Å². The van der Waals surface area contributed by atoms with Gasteiger partial charge in [0.2, 0.25) is 5.91 Å². The fraction of sp³-hybridized carbons (Fsp3) is 0.467. The molecule has 0 spiro atoms. The minimum Gasteiger partial charge on any atom is -0.348 e. The highest BCUT2D eigenvalue weighted by Crippen LogP contribution is 2.23. The van der Waals surface area contributed by atoms with Gasteiger partial charge in [-0.25, -0.2) is 4.39 Å². The quantitative estimate of drug-likeness (QED) is 0.937. The zero-order valence-corrected chi connectivity index (χ0v) is 12.2. The Morgan fingerprint density at radius 1 is 1.32 bits per heavy atom. The fourth-order valence-corrected chi connectivity index (χ4v) is 2.80. The molecule has 1 heterocycles. The molecular formula is C15H18FN5O. The second-order valence-electron chi connectivity index (χ2n) is 5.54. The van der Waals surface area contributed by atoms with Crippen LogP contribution in [0.5, 0.6) is 0 Å². The van der Waals surface area contributed by atoms with Crippen molar-refractivity contribution in [2.24, 2.45) is 5.92 Å². The van der Waals surface area contributed by atoms with Crippen LogP contribution in [-0.2, 0) is 11.3 Å². The zero-order valence-electron chi connectivity index (χ0n) is 12.2. The summed E-state index contributed by atoms with van der Waals surface area (Å²) in [6.07, 6.45) is 5.32. The average molecular weight is 303 g/mol. The van der Waals surface area contributed by atoms with E-state index in [4.69, 9.17) is 0 Å². The Morgan fingerprint density at radius 3 is 2.91 bits per heavy atom. The third-order valence-corrected chi connectivity index (χ3v) is 3.98. The number of aromatic nitrogens is 4. The third-order valence-electron chi connectivity index (χ3n) is 3.98. The number of tetrazole rings is 1. The van der Waals surface area contributed by atoms with Crippen molar-refractivity contribution in [2.45, 2.75) is 38.6 Å². The van der Waals surface area contributed by atoms with E-state index in [9.17, 15) is 9.18 Å². The van der Waals surface area contributed by atoms with Gasteiger partial charge in [0.05, 0.1) is 12.2 Å². The van der Waals surface area contributed by atoms with Gasteiger partial charge < -0.3 is 5.32 Å². The SMILES string of the molecule is O=C(NCc1nnnn1-c1cccc(F)c1)C1CCCCC1. The standard InChI is InChI=1S/C15H18FN5O/c16-12-7-4-8-13(9-12)21-14(18-19-20-21)10-17-15(22)11-5-2-1-3-6-11/h4,7-9,11H,1-3,5-6,10H2,(H,17,22). The normalized spacial score (nSPS) is 15.7. The van der Waals surface area contributed by atoms with Crippen LogP contribution in [0.15, 0.2) is 24.3 Å². The lowest BCUT2D eigenvalue weighted by Crippen LogP contribution is -2.32. The Labute approximate surface area is 127 Å². The van der Waals surface area contributed by atoms with Crippen LogP contribution >= 0.6 is 0 Å². The number of rotatable bonds is 4. The monoisotopic (exact) mass is 303 g/mol. The van der Waals surface area contributed by atoms with Crippen molar-refractivity contribution in [3.8, 4) is 5.69 Å². The molecule has 7 heteroatoms. The highest BCUT2D eigenvalue weighted by Gasteiger charge is 2.21. The molecule has 1 fully saturated rings. The van der Waals surface area contributed by atoms with Crippen LogP contribution < -0.4 is 5.32 Å². The van der Waals surface area contributed by atoms with Crippen molar-refractivity contribution < 1.29 is 9.18 Å². The Hall–Kier alpha value is -2.31. The second-order valence-corrected chi connectivity index (χ2v) is 5.54. The third kappa shape index (κ3) is 3.29. The van der Waals surface area contributed by atoms with Gasteiger partial charge in [0.15, 0.2) is 5.82 Å². The van der Waals surface area contributed by atoms with E-state index in [0.717, 1.165) is 25.7 Å². The van der Waals surface area contributed by atoms with E-state index in [1.165, 1.54) is 23.2 Å². The van der Waals surface area contributed by atoms with Gasteiger partial charge in [-0.1, -0.05) is 25.3 Å². The van der Waals surface area contributed by atoms with Gasteiger partial charge in [-0.2, -0.15) is 4.68 Å². The molecule has 2 aromatic rings. The summed E-state index contributed by atoms with van der Waals surface area (Å²) in [5.41, 5.74) is 0.534. The predicted molar refractivity (Wildman–Crippen MR) is 77.5 cm³/mol. The van der Waals surface area contributed by atoms with E-state index in [1.54, 1.807) is 12.1 Å². The molecule has 1 amide bonds. The number of benzene rings is 1. The Morgan fingerprint density at radius 2 is 2.14 bits per heavy atom. The summed E-state index contributed by atoms with van der Waals surface area (Å²) in [5, 5.41) is 14.3. The summed E-state index contributed by atoms with van der Waals surface area (Å²) in [5.74, 6) is 0.265. The van der Waals surface area contributed by atoms with Gasteiger partial charge in [-0.05, 0) is 41.5 Å². The average Bonchev–Trinajstić information content (AvgIpc) is 3.02. The number of carbonyl (C=O) groups is 1. The van der Waals surface area contributed by atoms with Crippen LogP contribution in [0.2, 0.25) is 0 Å². The predicted octanol–water partition coefficient (Wildman–Crippen LogP) is 2.00. The van der Waals surface area contributed by atoms with Gasteiger partial charge in [0.25, 0.3) is 0 Å². The van der Waals surface area contributed by atoms with Crippen LogP contribution in [-0.4, -0.2) is 26.1 Å². The van der Waals surface area contributed by atoms with Crippen LogP contribution in [0, 0.1) is 11.7 Å². The first-order valence-corrected chi connectivity index (χ1v) is 7.55. The van der Waals surface area contributed by atoms with Crippen molar-refractivity contribution in [1.82, 2.24) is 25.5 Å². The van der Waals surface area contributed by atoms with E-state index in [0.29, 0.717) is 11.5 Å². The first-order chi connectivity index (χ1) is 10.7. The number of halogens is 1. The number of hydrogen-bond acceptors (Lipinski definition) is 4. The van der Waals surface area contributed by atoms with Crippen molar-refractivity contribution >= 4 is 5.91 Å². The van der Waals surface area contributed by atoms with E-state index in [1.807, 2.05) is 0 Å². The molecular weight excluding hydrogens is 285 g/mol. The summed E-state index contributed by atoms with van der Waals surface area (Å²) in [6, 6.07) is 6.02. The molecule has 0 aliphatic heterocycles. The Balaban J connectivity index is 1.66. The molecule has 22 heavy (non-hydrogen) atoms. The summed E-state index contributed by atoms with van der Waals surface area (Å²) in [7, 11) is 0. The fourth-order valence-electron chi connectivity index (χ4n) is 2.80. The molecule has 3 rings (SSSR count). The highest BCUT2D eigenvalue weighted by atomic mass is 19.1. The van der Waals surface area contributed by atoms with Crippen LogP contribution in [0.25, 0.3) is 5.69 Å². The smallest absolute Gasteiger partial charge is 0.223 e. The second kappa shape index (κ2) is 6.64. The maximum Gasteiger partial charge on any atom is 0.223 e. The lowest BCUT2D eigenvalue weighted by molar-refractivity contribution is -0.126. The summed E-state index contributed by atoms with van der Waals surface area (Å²) < 4.78 is 14.7. The van der Waals surface area contributed by atoms with E-state index < -0.39 is 0 Å². The van der Waals surface area contributed by atoms with E-state index in [2.05, 4.69) is 20.8 Å². The minimum atomic E-state index is -0.356. The molecule has 0 unspecified atom stereocenters. The van der Waals surface area contributed by atoms with Gasteiger partial charge in [-0.15, -0.1) is 5.10 Å². The molecule has 1 aromatic carbocycles. The number of nitrogens with zero attached hydrogens (tertiary/aromatic N) is 4. The summed E-state index contributed by atoms with van der Waals surface area (Å²) in [4.78, 5) is 12.1. The molecule has 6 nitrogen and oxygen atoms in total. The lowest BCUT2D eigenvalue weighted by Gasteiger charge is -2.20. The molecule has 116 valence electrons. The molecule has 1 aromatic heterocycles. The molecule has 0 bridgehead atoms. The molecule has 1 aliphatic rings. The molecule has 0 radical (unpaired) electrons. The first kappa shape index (κ1) is 14.6. The molecule has 1 aliphatic carbocycles. The summed E-state index contributed by atoms with van der Waals surface area (Å²) >= 11 is 0. The van der Waals surface area contributed by atoms with E-state index >= 15 is 0 Å². The van der Waals surface area contributed by atoms with Gasteiger partial charge >= 0.3 is 0 Å². The van der Waals surface area contributed by atoms with Gasteiger partial charge in [0.1, 0.15) is 5.82 Å². The zero-order chi connectivity index (χ0) is 15.4. The molecule has 0 atom stereocenters. The van der Waals surface area contributed by atoms with Crippen LogP contribution in [0.1, 0.15) is 37.9 Å². The minimum absolute atomic E-state index is 0.0495. The Kier molecular flexibility index (Phi) is 4.41. The topological polar surface area (TPSA) is 72.7 Å². The van der Waals surface area contributed by atoms with Gasteiger partial charge in [0, 0.05) is 5.92 Å². The van der Waals surface area contributed by atoms with E-state index in [-0.39, 0.29) is 24.2 Å². The number of carbonyl (C=O) groups excluding carboxylic acids is 1. The largest absolute Gasteiger partial charge is 0.348 e.